The van der Waals surface area contributed by atoms with Crippen LogP contribution in [0.2, 0.25) is 0 Å². The molecule has 2 fully saturated rings. The van der Waals surface area contributed by atoms with Crippen LogP contribution in [0.15, 0.2) is 48.5 Å². The van der Waals surface area contributed by atoms with Crippen molar-refractivity contribution in [3.8, 4) is 16.9 Å². The first-order chi connectivity index (χ1) is 16.8. The van der Waals surface area contributed by atoms with Gasteiger partial charge in [-0.15, -0.1) is 11.3 Å². The van der Waals surface area contributed by atoms with E-state index >= 15 is 0 Å². The largest absolute Gasteiger partial charge is 0.497 e. The summed E-state index contributed by atoms with van der Waals surface area (Å²) in [6, 6.07) is 16.7. The van der Waals surface area contributed by atoms with E-state index in [2.05, 4.69) is 42.6 Å². The SMILES string of the molecule is COc1cccc(-c2ccc(Cc3c(C)sc(C)c3C(=O)NC3CC4(C3)CC(C(=O)O)C4)cc2)c1. The fourth-order valence-electron chi connectivity index (χ4n) is 5.90. The monoisotopic (exact) mass is 489 g/mol. The number of methoxy groups -OCH3 is 1. The molecule has 2 aromatic carbocycles. The third-order valence-corrected chi connectivity index (χ3v) is 8.81. The Morgan fingerprint density at radius 1 is 1.03 bits per heavy atom. The molecule has 1 amide bonds. The van der Waals surface area contributed by atoms with Gasteiger partial charge in [-0.3, -0.25) is 9.59 Å². The lowest BCUT2D eigenvalue weighted by atomic mass is 9.50. The van der Waals surface area contributed by atoms with Crippen molar-refractivity contribution in [2.75, 3.05) is 7.11 Å². The van der Waals surface area contributed by atoms with E-state index in [1.54, 1.807) is 18.4 Å². The third kappa shape index (κ3) is 4.59. The molecule has 1 aromatic heterocycles. The molecule has 2 saturated carbocycles. The highest BCUT2D eigenvalue weighted by Gasteiger charge is 2.55. The minimum atomic E-state index is -0.686. The average Bonchev–Trinajstić information content (AvgIpc) is 3.07. The molecular formula is C29H31NO4S. The van der Waals surface area contributed by atoms with Crippen LogP contribution in [0.3, 0.4) is 0 Å². The molecule has 5 nitrogen and oxygen atoms in total. The van der Waals surface area contributed by atoms with E-state index in [9.17, 15) is 9.59 Å². The second-order valence-corrected chi connectivity index (χ2v) is 11.6. The highest BCUT2D eigenvalue weighted by atomic mass is 32.1. The van der Waals surface area contributed by atoms with E-state index in [4.69, 9.17) is 9.84 Å². The van der Waals surface area contributed by atoms with Crippen molar-refractivity contribution >= 4 is 23.2 Å². The molecule has 182 valence electrons. The van der Waals surface area contributed by atoms with Crippen LogP contribution in [-0.4, -0.2) is 30.1 Å². The molecule has 0 unspecified atom stereocenters. The fraction of sp³-hybridized carbons (Fsp3) is 0.379. The molecule has 1 spiro atoms. The van der Waals surface area contributed by atoms with Gasteiger partial charge in [0.05, 0.1) is 18.6 Å². The minimum Gasteiger partial charge on any atom is -0.497 e. The van der Waals surface area contributed by atoms with Crippen molar-refractivity contribution in [3.63, 3.8) is 0 Å². The number of hydrogen-bond acceptors (Lipinski definition) is 4. The Kier molecular flexibility index (Phi) is 6.18. The van der Waals surface area contributed by atoms with Crippen molar-refractivity contribution < 1.29 is 19.4 Å². The first kappa shape index (κ1) is 23.6. The number of carbonyl (C=O) groups is 2. The van der Waals surface area contributed by atoms with E-state index in [-0.39, 0.29) is 23.3 Å². The Balaban J connectivity index is 1.26. The van der Waals surface area contributed by atoms with Gasteiger partial charge >= 0.3 is 5.97 Å². The van der Waals surface area contributed by atoms with Gasteiger partial charge in [-0.25, -0.2) is 0 Å². The number of ether oxygens (including phenoxy) is 1. The van der Waals surface area contributed by atoms with Crippen LogP contribution in [0.1, 0.15) is 56.9 Å². The average molecular weight is 490 g/mol. The van der Waals surface area contributed by atoms with Gasteiger partial charge < -0.3 is 15.2 Å². The molecule has 2 aliphatic carbocycles. The van der Waals surface area contributed by atoms with E-state index in [0.29, 0.717) is 6.42 Å². The summed E-state index contributed by atoms with van der Waals surface area (Å²) in [5.41, 5.74) is 5.46. The number of nitrogens with one attached hydrogen (secondary N) is 1. The highest BCUT2D eigenvalue weighted by molar-refractivity contribution is 7.12. The maximum Gasteiger partial charge on any atom is 0.306 e. The van der Waals surface area contributed by atoms with Crippen LogP contribution < -0.4 is 10.1 Å². The number of benzene rings is 2. The molecule has 2 aliphatic rings. The topological polar surface area (TPSA) is 75.6 Å². The first-order valence-electron chi connectivity index (χ1n) is 12.1. The lowest BCUT2D eigenvalue weighted by Crippen LogP contribution is -2.57. The number of amides is 1. The van der Waals surface area contributed by atoms with E-state index in [1.165, 1.54) is 10.4 Å². The van der Waals surface area contributed by atoms with Crippen molar-refractivity contribution in [1.82, 2.24) is 5.32 Å². The van der Waals surface area contributed by atoms with E-state index < -0.39 is 5.97 Å². The van der Waals surface area contributed by atoms with Gasteiger partial charge in [0.15, 0.2) is 0 Å². The van der Waals surface area contributed by atoms with Gasteiger partial charge in [-0.1, -0.05) is 36.4 Å². The molecule has 0 atom stereocenters. The summed E-state index contributed by atoms with van der Waals surface area (Å²) in [6.45, 7) is 4.11. The Morgan fingerprint density at radius 3 is 2.40 bits per heavy atom. The predicted octanol–water partition coefficient (Wildman–Crippen LogP) is 6.00. The summed E-state index contributed by atoms with van der Waals surface area (Å²) < 4.78 is 5.34. The summed E-state index contributed by atoms with van der Waals surface area (Å²) in [5.74, 6) is -0.0456. The minimum absolute atomic E-state index is 0.00353. The number of aliphatic carboxylic acids is 1. The zero-order chi connectivity index (χ0) is 24.7. The second kappa shape index (κ2) is 9.15. The van der Waals surface area contributed by atoms with E-state index in [1.807, 2.05) is 25.1 Å². The Labute approximate surface area is 210 Å². The number of rotatable bonds is 7. The maximum atomic E-state index is 13.3. The molecular weight excluding hydrogens is 458 g/mol. The van der Waals surface area contributed by atoms with Crippen LogP contribution in [0.5, 0.6) is 5.75 Å². The molecule has 0 bridgehead atoms. The van der Waals surface area contributed by atoms with Crippen molar-refractivity contribution in [3.05, 3.63) is 75.0 Å². The van der Waals surface area contributed by atoms with Gasteiger partial charge in [0.1, 0.15) is 5.75 Å². The third-order valence-electron chi connectivity index (χ3n) is 7.75. The van der Waals surface area contributed by atoms with Crippen LogP contribution >= 0.6 is 11.3 Å². The molecule has 3 aromatic rings. The second-order valence-electron chi connectivity index (χ2n) is 10.2. The first-order valence-corrected chi connectivity index (χ1v) is 12.9. The summed E-state index contributed by atoms with van der Waals surface area (Å²) >= 11 is 1.68. The fourth-order valence-corrected chi connectivity index (χ4v) is 6.98. The Morgan fingerprint density at radius 2 is 1.74 bits per heavy atom. The lowest BCUT2D eigenvalue weighted by molar-refractivity contribution is -0.155. The Hall–Kier alpha value is -3.12. The van der Waals surface area contributed by atoms with Crippen LogP contribution in [0.4, 0.5) is 0 Å². The molecule has 35 heavy (non-hydrogen) atoms. The van der Waals surface area contributed by atoms with Crippen molar-refractivity contribution in [2.45, 2.75) is 52.0 Å². The summed E-state index contributed by atoms with van der Waals surface area (Å²) in [4.78, 5) is 26.6. The highest BCUT2D eigenvalue weighted by Crippen LogP contribution is 2.58. The summed E-state index contributed by atoms with van der Waals surface area (Å²) in [5, 5.41) is 12.4. The molecule has 1 heterocycles. The molecule has 0 radical (unpaired) electrons. The number of hydrogen-bond donors (Lipinski definition) is 2. The van der Waals surface area contributed by atoms with Crippen LogP contribution in [-0.2, 0) is 11.2 Å². The van der Waals surface area contributed by atoms with Gasteiger partial charge in [0.25, 0.3) is 5.91 Å². The molecule has 2 N–H and O–H groups in total. The van der Waals surface area contributed by atoms with Crippen molar-refractivity contribution in [1.29, 1.82) is 0 Å². The molecule has 6 heteroatoms. The number of carbonyl (C=O) groups excluding carboxylic acids is 1. The molecule has 5 rings (SSSR count). The predicted molar refractivity (Wildman–Crippen MR) is 138 cm³/mol. The molecule has 0 aliphatic heterocycles. The Bertz CT molecular complexity index is 1260. The van der Waals surface area contributed by atoms with E-state index in [0.717, 1.165) is 58.6 Å². The van der Waals surface area contributed by atoms with Crippen LogP contribution in [0, 0.1) is 25.2 Å². The van der Waals surface area contributed by atoms with Gasteiger partial charge in [-0.05, 0) is 85.8 Å². The number of carboxylic acid groups (broad SMARTS) is 1. The van der Waals surface area contributed by atoms with Crippen molar-refractivity contribution in [2.24, 2.45) is 11.3 Å². The number of aryl methyl sites for hydroxylation is 2. The zero-order valence-electron chi connectivity index (χ0n) is 20.4. The van der Waals surface area contributed by atoms with Gasteiger partial charge in [0, 0.05) is 15.8 Å². The van der Waals surface area contributed by atoms with Gasteiger partial charge in [0.2, 0.25) is 0 Å². The number of thiophene rings is 1. The summed E-state index contributed by atoms with van der Waals surface area (Å²) in [6.07, 6.45) is 4.01. The quantitative estimate of drug-likeness (QED) is 0.427. The maximum absolute atomic E-state index is 13.3. The zero-order valence-corrected chi connectivity index (χ0v) is 21.2. The molecule has 0 saturated heterocycles. The van der Waals surface area contributed by atoms with Crippen LogP contribution in [0.25, 0.3) is 11.1 Å². The standard InChI is InChI=1S/C29H31NO4S/c1-17-25(11-19-7-9-20(10-8-19)21-5-4-6-24(12-21)34-3)26(18(2)35-17)27(31)30-23-15-29(16-23)13-22(14-29)28(32)33/h4-10,12,22-23H,11,13-16H2,1-3H3,(H,30,31)(H,32,33). The number of carboxylic acids is 1. The lowest BCUT2D eigenvalue weighted by Gasteiger charge is -2.56. The van der Waals surface area contributed by atoms with Gasteiger partial charge in [-0.2, -0.15) is 0 Å². The normalized spacial score (nSPS) is 22.8. The smallest absolute Gasteiger partial charge is 0.306 e. The summed E-state index contributed by atoms with van der Waals surface area (Å²) in [7, 11) is 1.67.